The van der Waals surface area contributed by atoms with Gasteiger partial charge in [0.25, 0.3) is 0 Å². The Labute approximate surface area is 113 Å². The van der Waals surface area contributed by atoms with Crippen LogP contribution in [-0.2, 0) is 16.0 Å². The van der Waals surface area contributed by atoms with E-state index in [1.54, 1.807) is 6.92 Å². The van der Waals surface area contributed by atoms with Gasteiger partial charge >= 0.3 is 5.97 Å². The van der Waals surface area contributed by atoms with E-state index in [-0.39, 0.29) is 5.91 Å². The lowest BCUT2D eigenvalue weighted by Gasteiger charge is -2.24. The molecule has 0 heterocycles. The number of aliphatic carboxylic acids is 1. The van der Waals surface area contributed by atoms with Gasteiger partial charge in [-0.3, -0.25) is 4.79 Å². The van der Waals surface area contributed by atoms with Crippen molar-refractivity contribution in [1.29, 1.82) is 0 Å². The Balaban J connectivity index is 2.57. The molecule has 1 rings (SSSR count). The molecular formula is C15H21NO3. The molecule has 1 atom stereocenters. The van der Waals surface area contributed by atoms with Crippen LogP contribution < -0.4 is 5.32 Å². The van der Waals surface area contributed by atoms with E-state index < -0.39 is 11.5 Å². The van der Waals surface area contributed by atoms with E-state index in [0.717, 1.165) is 11.1 Å². The Hall–Kier alpha value is -1.84. The van der Waals surface area contributed by atoms with Crippen molar-refractivity contribution in [3.05, 3.63) is 35.4 Å². The molecule has 0 aliphatic heterocycles. The van der Waals surface area contributed by atoms with E-state index in [9.17, 15) is 9.59 Å². The van der Waals surface area contributed by atoms with Gasteiger partial charge in [-0.15, -0.1) is 0 Å². The Kier molecular flexibility index (Phi) is 5.10. The highest BCUT2D eigenvalue weighted by Gasteiger charge is 2.32. The van der Waals surface area contributed by atoms with Gasteiger partial charge in [0.1, 0.15) is 5.54 Å². The molecule has 19 heavy (non-hydrogen) atoms. The first-order chi connectivity index (χ1) is 8.89. The van der Waals surface area contributed by atoms with Crippen LogP contribution in [0, 0.1) is 6.92 Å². The smallest absolute Gasteiger partial charge is 0.329 e. The Bertz CT molecular complexity index is 470. The highest BCUT2D eigenvalue weighted by molar-refractivity contribution is 5.86. The van der Waals surface area contributed by atoms with Crippen LogP contribution in [0.2, 0.25) is 0 Å². The Morgan fingerprint density at radius 1 is 1.32 bits per heavy atom. The maximum absolute atomic E-state index is 11.8. The number of hydrogen-bond acceptors (Lipinski definition) is 2. The molecule has 0 saturated carbocycles. The number of rotatable bonds is 6. The summed E-state index contributed by atoms with van der Waals surface area (Å²) in [6, 6.07) is 7.88. The van der Waals surface area contributed by atoms with Crippen molar-refractivity contribution in [2.45, 2.75) is 45.6 Å². The zero-order chi connectivity index (χ0) is 14.5. The number of carbonyl (C=O) groups excluding carboxylic acids is 1. The molecule has 0 radical (unpaired) electrons. The van der Waals surface area contributed by atoms with Crippen LogP contribution in [0.5, 0.6) is 0 Å². The van der Waals surface area contributed by atoms with Crippen LogP contribution >= 0.6 is 0 Å². The van der Waals surface area contributed by atoms with Crippen LogP contribution in [0.4, 0.5) is 0 Å². The zero-order valence-electron chi connectivity index (χ0n) is 11.7. The van der Waals surface area contributed by atoms with Crippen molar-refractivity contribution in [2.75, 3.05) is 0 Å². The zero-order valence-corrected chi connectivity index (χ0v) is 11.7. The molecule has 2 N–H and O–H groups in total. The van der Waals surface area contributed by atoms with Gasteiger partial charge in [0.2, 0.25) is 5.91 Å². The number of hydrogen-bond donors (Lipinski definition) is 2. The number of carbonyl (C=O) groups is 2. The molecule has 1 unspecified atom stereocenters. The predicted molar refractivity (Wildman–Crippen MR) is 74.0 cm³/mol. The van der Waals surface area contributed by atoms with Crippen LogP contribution in [0.3, 0.4) is 0 Å². The summed E-state index contributed by atoms with van der Waals surface area (Å²) in [5, 5.41) is 11.7. The number of carboxylic acids is 1. The largest absolute Gasteiger partial charge is 0.480 e. The first-order valence-corrected chi connectivity index (χ1v) is 6.48. The highest BCUT2D eigenvalue weighted by Crippen LogP contribution is 2.12. The summed E-state index contributed by atoms with van der Waals surface area (Å²) in [4.78, 5) is 22.9. The number of nitrogens with one attached hydrogen (secondary N) is 1. The molecule has 0 aliphatic rings. The molecule has 0 spiro atoms. The fraction of sp³-hybridized carbons (Fsp3) is 0.467. The quantitative estimate of drug-likeness (QED) is 0.827. The average Bonchev–Trinajstić information content (AvgIpc) is 2.37. The summed E-state index contributed by atoms with van der Waals surface area (Å²) in [7, 11) is 0. The van der Waals surface area contributed by atoms with E-state index in [4.69, 9.17) is 5.11 Å². The van der Waals surface area contributed by atoms with Crippen molar-refractivity contribution >= 4 is 11.9 Å². The summed E-state index contributed by atoms with van der Waals surface area (Å²) >= 11 is 0. The maximum Gasteiger partial charge on any atom is 0.329 e. The van der Waals surface area contributed by atoms with Gasteiger partial charge < -0.3 is 10.4 Å². The van der Waals surface area contributed by atoms with Crippen molar-refractivity contribution < 1.29 is 14.7 Å². The van der Waals surface area contributed by atoms with Gasteiger partial charge in [-0.1, -0.05) is 31.2 Å². The van der Waals surface area contributed by atoms with E-state index >= 15 is 0 Å². The second-order valence-corrected chi connectivity index (χ2v) is 4.97. The molecule has 1 amide bonds. The third-order valence-corrected chi connectivity index (χ3v) is 3.48. The average molecular weight is 263 g/mol. The third kappa shape index (κ3) is 4.09. The number of aryl methyl sites for hydroxylation is 2. The fourth-order valence-electron chi connectivity index (χ4n) is 1.80. The summed E-state index contributed by atoms with van der Waals surface area (Å²) in [5.74, 6) is -1.23. The standard InChI is InChI=1S/C15H21NO3/c1-4-15(3,14(18)19)16-13(17)10-9-12-8-6-5-7-11(12)2/h5-8H,4,9-10H2,1-3H3,(H,16,17)(H,18,19). The van der Waals surface area contributed by atoms with E-state index in [1.807, 2.05) is 31.2 Å². The van der Waals surface area contributed by atoms with Crippen LogP contribution in [0.1, 0.15) is 37.8 Å². The highest BCUT2D eigenvalue weighted by atomic mass is 16.4. The van der Waals surface area contributed by atoms with Crippen LogP contribution in [-0.4, -0.2) is 22.5 Å². The number of benzene rings is 1. The van der Waals surface area contributed by atoms with Gasteiger partial charge in [-0.25, -0.2) is 4.79 Å². The fourth-order valence-corrected chi connectivity index (χ4v) is 1.80. The molecule has 0 fully saturated rings. The minimum absolute atomic E-state index is 0.227. The SMILES string of the molecule is CCC(C)(NC(=O)CCc1ccccc1C)C(=O)O. The lowest BCUT2D eigenvalue weighted by Crippen LogP contribution is -2.51. The third-order valence-electron chi connectivity index (χ3n) is 3.48. The Morgan fingerprint density at radius 3 is 2.47 bits per heavy atom. The summed E-state index contributed by atoms with van der Waals surface area (Å²) in [6.07, 6.45) is 1.28. The van der Waals surface area contributed by atoms with E-state index in [0.29, 0.717) is 19.3 Å². The molecule has 1 aromatic carbocycles. The van der Waals surface area contributed by atoms with Gasteiger partial charge in [0.15, 0.2) is 0 Å². The molecule has 0 aliphatic carbocycles. The Morgan fingerprint density at radius 2 is 1.95 bits per heavy atom. The lowest BCUT2D eigenvalue weighted by molar-refractivity contribution is -0.147. The van der Waals surface area contributed by atoms with Crippen LogP contribution in [0.15, 0.2) is 24.3 Å². The van der Waals surface area contributed by atoms with Crippen molar-refractivity contribution in [3.63, 3.8) is 0 Å². The molecule has 4 heteroatoms. The van der Waals surface area contributed by atoms with Crippen LogP contribution in [0.25, 0.3) is 0 Å². The first-order valence-electron chi connectivity index (χ1n) is 6.48. The monoisotopic (exact) mass is 263 g/mol. The second kappa shape index (κ2) is 6.36. The second-order valence-electron chi connectivity index (χ2n) is 4.97. The molecule has 0 aromatic heterocycles. The molecular weight excluding hydrogens is 242 g/mol. The summed E-state index contributed by atoms with van der Waals surface area (Å²) < 4.78 is 0. The van der Waals surface area contributed by atoms with E-state index in [2.05, 4.69) is 5.32 Å². The van der Waals surface area contributed by atoms with E-state index in [1.165, 1.54) is 6.92 Å². The minimum atomic E-state index is -1.18. The van der Waals surface area contributed by atoms with Gasteiger partial charge in [0.05, 0.1) is 0 Å². The normalized spacial score (nSPS) is 13.6. The lowest BCUT2D eigenvalue weighted by atomic mass is 9.98. The molecule has 4 nitrogen and oxygen atoms in total. The molecule has 0 saturated heterocycles. The summed E-state index contributed by atoms with van der Waals surface area (Å²) in [5.41, 5.74) is 1.08. The van der Waals surface area contributed by atoms with Gasteiger partial charge in [-0.05, 0) is 37.8 Å². The molecule has 104 valence electrons. The first kappa shape index (κ1) is 15.2. The number of carboxylic acid groups (broad SMARTS) is 1. The van der Waals surface area contributed by atoms with Crippen molar-refractivity contribution in [1.82, 2.24) is 5.32 Å². The van der Waals surface area contributed by atoms with Crippen molar-refractivity contribution in [2.24, 2.45) is 0 Å². The minimum Gasteiger partial charge on any atom is -0.480 e. The van der Waals surface area contributed by atoms with Crippen molar-refractivity contribution in [3.8, 4) is 0 Å². The maximum atomic E-state index is 11.8. The predicted octanol–water partition coefficient (Wildman–Crippen LogP) is 2.30. The molecule has 0 bridgehead atoms. The van der Waals surface area contributed by atoms with Gasteiger partial charge in [-0.2, -0.15) is 0 Å². The topological polar surface area (TPSA) is 66.4 Å². The number of amides is 1. The van der Waals surface area contributed by atoms with Gasteiger partial charge in [0, 0.05) is 6.42 Å². The summed E-state index contributed by atoms with van der Waals surface area (Å²) in [6.45, 7) is 5.28. The molecule has 1 aromatic rings.